The standard InChI is InChI=1S/C23H28ClFN4O2.ClH/c1-15-14-26-22(13-21(15)29-8-10-31-11-9-29)27-17-3-5-18(6-4-17)28-23(30)16-2-7-20(25)19(24)12-16;/h2,7,12-14,17-18H,3-6,8-11H2,1H3,(H,26,27)(H,28,30);1H/t17-,18+;. The fourth-order valence-corrected chi connectivity index (χ4v) is 4.41. The first kappa shape index (κ1) is 24.6. The molecule has 1 aliphatic carbocycles. The van der Waals surface area contributed by atoms with Gasteiger partial charge < -0.3 is 20.3 Å². The number of anilines is 2. The number of aryl methyl sites for hydroxylation is 1. The molecule has 6 nitrogen and oxygen atoms in total. The Balaban J connectivity index is 0.00000289. The normalized spacial score (nSPS) is 20.9. The Hall–Kier alpha value is -2.09. The smallest absolute Gasteiger partial charge is 0.251 e. The molecule has 1 amide bonds. The van der Waals surface area contributed by atoms with Crippen molar-refractivity contribution in [1.29, 1.82) is 0 Å². The molecule has 1 aromatic heterocycles. The number of hydrogen-bond donors (Lipinski definition) is 2. The van der Waals surface area contributed by atoms with Gasteiger partial charge in [0.05, 0.1) is 18.2 Å². The van der Waals surface area contributed by atoms with Gasteiger partial charge in [-0.25, -0.2) is 9.37 Å². The third-order valence-electron chi connectivity index (χ3n) is 6.02. The molecule has 1 aromatic carbocycles. The summed E-state index contributed by atoms with van der Waals surface area (Å²) < 4.78 is 18.8. The Morgan fingerprint density at radius 3 is 2.53 bits per heavy atom. The fourth-order valence-electron chi connectivity index (χ4n) is 4.23. The number of nitrogens with one attached hydrogen (secondary N) is 2. The average Bonchev–Trinajstić information content (AvgIpc) is 2.79. The molecule has 2 aliphatic rings. The molecule has 1 saturated carbocycles. The number of halogens is 3. The van der Waals surface area contributed by atoms with E-state index < -0.39 is 5.82 Å². The van der Waals surface area contributed by atoms with Gasteiger partial charge in [0.2, 0.25) is 0 Å². The second kappa shape index (κ2) is 11.2. The molecule has 1 saturated heterocycles. The van der Waals surface area contributed by atoms with Gasteiger partial charge >= 0.3 is 0 Å². The number of hydrogen-bond acceptors (Lipinski definition) is 5. The summed E-state index contributed by atoms with van der Waals surface area (Å²) in [5.74, 6) is 0.153. The molecule has 32 heavy (non-hydrogen) atoms. The van der Waals surface area contributed by atoms with Gasteiger partial charge in [-0.3, -0.25) is 4.79 Å². The van der Waals surface area contributed by atoms with E-state index in [1.54, 1.807) is 0 Å². The van der Waals surface area contributed by atoms with Gasteiger partial charge in [-0.15, -0.1) is 12.4 Å². The van der Waals surface area contributed by atoms with Crippen molar-refractivity contribution < 1.29 is 13.9 Å². The molecule has 2 N–H and O–H groups in total. The molecular formula is C23H29Cl2FN4O2. The Bertz CT molecular complexity index is 932. The molecule has 174 valence electrons. The number of amides is 1. The van der Waals surface area contributed by atoms with Gasteiger partial charge in [0.25, 0.3) is 5.91 Å². The van der Waals surface area contributed by atoms with E-state index in [1.807, 2.05) is 6.20 Å². The molecule has 4 rings (SSSR count). The summed E-state index contributed by atoms with van der Waals surface area (Å²) in [6.07, 6.45) is 5.56. The third-order valence-corrected chi connectivity index (χ3v) is 6.31. The van der Waals surface area contributed by atoms with Crippen molar-refractivity contribution in [2.24, 2.45) is 0 Å². The third kappa shape index (κ3) is 6.03. The van der Waals surface area contributed by atoms with Crippen molar-refractivity contribution in [3.63, 3.8) is 0 Å². The molecule has 2 aromatic rings. The molecule has 0 atom stereocenters. The summed E-state index contributed by atoms with van der Waals surface area (Å²) in [6, 6.07) is 6.60. The lowest BCUT2D eigenvalue weighted by Gasteiger charge is -2.32. The molecule has 0 bridgehead atoms. The van der Waals surface area contributed by atoms with Crippen molar-refractivity contribution in [3.05, 3.63) is 52.4 Å². The largest absolute Gasteiger partial charge is 0.378 e. The maximum absolute atomic E-state index is 13.3. The Morgan fingerprint density at radius 1 is 1.16 bits per heavy atom. The van der Waals surface area contributed by atoms with Gasteiger partial charge in [-0.1, -0.05) is 11.6 Å². The van der Waals surface area contributed by atoms with Crippen LogP contribution in [0.4, 0.5) is 15.9 Å². The number of carbonyl (C=O) groups is 1. The van der Waals surface area contributed by atoms with E-state index in [4.69, 9.17) is 16.3 Å². The highest BCUT2D eigenvalue weighted by Crippen LogP contribution is 2.27. The lowest BCUT2D eigenvalue weighted by Crippen LogP contribution is -2.40. The number of morpholine rings is 1. The first-order valence-corrected chi connectivity index (χ1v) is 11.2. The molecule has 2 heterocycles. The first-order chi connectivity index (χ1) is 15.0. The lowest BCUT2D eigenvalue weighted by atomic mass is 9.91. The molecule has 0 radical (unpaired) electrons. The minimum atomic E-state index is -0.522. The van der Waals surface area contributed by atoms with E-state index in [1.165, 1.54) is 29.4 Å². The van der Waals surface area contributed by atoms with Crippen LogP contribution in [-0.4, -0.2) is 49.3 Å². The quantitative estimate of drug-likeness (QED) is 0.651. The van der Waals surface area contributed by atoms with Crippen molar-refractivity contribution in [3.8, 4) is 0 Å². The molecule has 2 fully saturated rings. The van der Waals surface area contributed by atoms with E-state index in [0.717, 1.165) is 57.8 Å². The Labute approximate surface area is 199 Å². The highest BCUT2D eigenvalue weighted by molar-refractivity contribution is 6.31. The fraction of sp³-hybridized carbons (Fsp3) is 0.478. The summed E-state index contributed by atoms with van der Waals surface area (Å²) in [5, 5.41) is 6.57. The second-order valence-corrected chi connectivity index (χ2v) is 8.66. The monoisotopic (exact) mass is 482 g/mol. The van der Waals surface area contributed by atoms with E-state index in [2.05, 4.69) is 33.5 Å². The highest BCUT2D eigenvalue weighted by atomic mass is 35.5. The SMILES string of the molecule is Cc1cnc(N[C@H]2CC[C@@H](NC(=O)c3ccc(F)c(Cl)c3)CC2)cc1N1CCOCC1.Cl. The average molecular weight is 483 g/mol. The number of ether oxygens (including phenoxy) is 1. The minimum absolute atomic E-state index is 0. The van der Waals surface area contributed by atoms with Crippen LogP contribution >= 0.6 is 24.0 Å². The van der Waals surface area contributed by atoms with Crippen LogP contribution in [0.5, 0.6) is 0 Å². The predicted molar refractivity (Wildman–Crippen MR) is 128 cm³/mol. The van der Waals surface area contributed by atoms with E-state index >= 15 is 0 Å². The zero-order chi connectivity index (χ0) is 21.8. The van der Waals surface area contributed by atoms with Crippen LogP contribution in [-0.2, 0) is 4.74 Å². The summed E-state index contributed by atoms with van der Waals surface area (Å²) in [7, 11) is 0. The van der Waals surface area contributed by atoms with Crippen LogP contribution in [0.2, 0.25) is 5.02 Å². The van der Waals surface area contributed by atoms with Crippen molar-refractivity contribution in [2.45, 2.75) is 44.7 Å². The van der Waals surface area contributed by atoms with Crippen LogP contribution in [0, 0.1) is 12.7 Å². The molecule has 0 unspecified atom stereocenters. The number of aromatic nitrogens is 1. The van der Waals surface area contributed by atoms with Gasteiger partial charge in [0.15, 0.2) is 0 Å². The van der Waals surface area contributed by atoms with Crippen LogP contribution in [0.15, 0.2) is 30.5 Å². The van der Waals surface area contributed by atoms with Crippen molar-refractivity contribution >= 4 is 41.4 Å². The molecule has 0 spiro atoms. The topological polar surface area (TPSA) is 66.5 Å². The summed E-state index contributed by atoms with van der Waals surface area (Å²) in [5.41, 5.74) is 2.76. The predicted octanol–water partition coefficient (Wildman–Crippen LogP) is 4.59. The van der Waals surface area contributed by atoms with Gasteiger partial charge in [-0.2, -0.15) is 0 Å². The van der Waals surface area contributed by atoms with E-state index in [0.29, 0.717) is 11.6 Å². The zero-order valence-corrected chi connectivity index (χ0v) is 19.6. The van der Waals surface area contributed by atoms with Crippen LogP contribution in [0.3, 0.4) is 0 Å². The summed E-state index contributed by atoms with van der Waals surface area (Å²) >= 11 is 5.79. The number of pyridine rings is 1. The maximum Gasteiger partial charge on any atom is 0.251 e. The van der Waals surface area contributed by atoms with Gasteiger partial charge in [0, 0.05) is 48.7 Å². The number of nitrogens with zero attached hydrogens (tertiary/aromatic N) is 2. The molecular weight excluding hydrogens is 454 g/mol. The molecule has 9 heteroatoms. The number of carbonyl (C=O) groups excluding carboxylic acids is 1. The Kier molecular flexibility index (Phi) is 8.57. The lowest BCUT2D eigenvalue weighted by molar-refractivity contribution is 0.0926. The van der Waals surface area contributed by atoms with Gasteiger partial charge in [0.1, 0.15) is 11.6 Å². The van der Waals surface area contributed by atoms with E-state index in [-0.39, 0.29) is 29.4 Å². The number of benzene rings is 1. The first-order valence-electron chi connectivity index (χ1n) is 10.8. The highest BCUT2D eigenvalue weighted by Gasteiger charge is 2.24. The van der Waals surface area contributed by atoms with Crippen LogP contribution in [0.25, 0.3) is 0 Å². The van der Waals surface area contributed by atoms with Crippen molar-refractivity contribution in [1.82, 2.24) is 10.3 Å². The summed E-state index contributed by atoms with van der Waals surface area (Å²) in [4.78, 5) is 19.4. The molecule has 1 aliphatic heterocycles. The second-order valence-electron chi connectivity index (χ2n) is 8.25. The van der Waals surface area contributed by atoms with Crippen LogP contribution in [0.1, 0.15) is 41.6 Å². The maximum atomic E-state index is 13.3. The van der Waals surface area contributed by atoms with Gasteiger partial charge in [-0.05, 0) is 56.4 Å². The number of rotatable bonds is 5. The van der Waals surface area contributed by atoms with E-state index in [9.17, 15) is 9.18 Å². The van der Waals surface area contributed by atoms with Crippen molar-refractivity contribution in [2.75, 3.05) is 36.5 Å². The minimum Gasteiger partial charge on any atom is -0.378 e. The zero-order valence-electron chi connectivity index (χ0n) is 18.1. The summed E-state index contributed by atoms with van der Waals surface area (Å²) in [6.45, 7) is 5.39. The Morgan fingerprint density at radius 2 is 1.84 bits per heavy atom. The van der Waals surface area contributed by atoms with Crippen LogP contribution < -0.4 is 15.5 Å².